The summed E-state index contributed by atoms with van der Waals surface area (Å²) in [6.07, 6.45) is 3.90. The number of benzene rings is 2. The van der Waals surface area contributed by atoms with E-state index >= 15 is 0 Å². The number of aliphatic carboxylic acids is 3. The van der Waals surface area contributed by atoms with E-state index in [0.29, 0.717) is 17.6 Å². The maximum Gasteiger partial charge on any atom is 0.327 e. The van der Waals surface area contributed by atoms with E-state index in [9.17, 15) is 68.4 Å². The number of carboxylic acid groups (broad SMARTS) is 3. The van der Waals surface area contributed by atoms with Crippen molar-refractivity contribution in [2.45, 2.75) is 128 Å². The number of nitrogens with two attached hydrogens (primary N) is 3. The first kappa shape index (κ1) is 68.2. The van der Waals surface area contributed by atoms with E-state index in [1.807, 2.05) is 43.3 Å². The number of carbonyl (C=O) groups is 10. The van der Waals surface area contributed by atoms with Crippen LogP contribution in [0, 0.1) is 17.8 Å². The van der Waals surface area contributed by atoms with Gasteiger partial charge in [-0.25, -0.2) is 9.59 Å². The van der Waals surface area contributed by atoms with Crippen LogP contribution in [0.2, 0.25) is 0 Å². The van der Waals surface area contributed by atoms with Crippen LogP contribution in [-0.2, 0) is 65.5 Å². The molecule has 0 spiro atoms. The highest BCUT2D eigenvalue weighted by molar-refractivity contribution is 7.99. The number of carbonyl (C=O) groups excluding carboxylic acids is 7. The molecule has 1 aliphatic rings. The highest BCUT2D eigenvalue weighted by Crippen LogP contribution is 2.20. The molecule has 0 aliphatic carbocycles. The van der Waals surface area contributed by atoms with Crippen molar-refractivity contribution in [3.05, 3.63) is 89.5 Å². The van der Waals surface area contributed by atoms with E-state index in [-0.39, 0.29) is 61.0 Å². The van der Waals surface area contributed by atoms with E-state index in [0.717, 1.165) is 22.2 Å². The number of hydrogen-bond acceptors (Lipinski definition) is 15. The number of nitrogens with one attached hydrogen (secondary N) is 6. The van der Waals surface area contributed by atoms with Gasteiger partial charge in [0.15, 0.2) is 5.96 Å². The smallest absolute Gasteiger partial charge is 0.327 e. The van der Waals surface area contributed by atoms with Gasteiger partial charge in [-0.15, -0.1) is 0 Å². The molecule has 16 N–H and O–H groups in total. The van der Waals surface area contributed by atoms with E-state index in [1.165, 1.54) is 58.2 Å². The predicted octanol–water partition coefficient (Wildman–Crippen LogP) is -0.479. The molecular weight excluding hydrogens is 1090 g/mol. The minimum absolute atomic E-state index is 0.0190. The van der Waals surface area contributed by atoms with Crippen LogP contribution in [0.25, 0.3) is 0 Å². The van der Waals surface area contributed by atoms with Crippen LogP contribution in [0.15, 0.2) is 83.4 Å². The summed E-state index contributed by atoms with van der Waals surface area (Å²) >= 11 is 0.887. The van der Waals surface area contributed by atoms with Crippen molar-refractivity contribution in [2.75, 3.05) is 32.2 Å². The number of methoxy groups -OCH3 is 1. The molecule has 1 unspecified atom stereocenters. The summed E-state index contributed by atoms with van der Waals surface area (Å²) in [6.45, 7) is 7.52. The van der Waals surface area contributed by atoms with Crippen LogP contribution in [0.3, 0.4) is 0 Å². The first-order chi connectivity index (χ1) is 38.6. The summed E-state index contributed by atoms with van der Waals surface area (Å²) in [5.41, 5.74) is 18.8. The van der Waals surface area contributed by atoms with Crippen molar-refractivity contribution in [1.29, 1.82) is 0 Å². The average Bonchev–Trinajstić information content (AvgIpc) is 3.42. The Morgan fingerprint density at radius 3 is 2.01 bits per heavy atom. The van der Waals surface area contributed by atoms with Crippen LogP contribution in [0.1, 0.15) is 71.4 Å². The molecule has 0 saturated carbocycles. The third-order valence-electron chi connectivity index (χ3n) is 13.7. The van der Waals surface area contributed by atoms with Crippen molar-refractivity contribution in [2.24, 2.45) is 39.9 Å². The number of likely N-dealkylation sites (N-methyl/N-ethyl adjacent to an activating group) is 1. The maximum atomic E-state index is 14.5. The lowest BCUT2D eigenvalue weighted by Crippen LogP contribution is -2.59. The van der Waals surface area contributed by atoms with Crippen molar-refractivity contribution in [3.63, 3.8) is 0 Å². The Labute approximate surface area is 480 Å². The Morgan fingerprint density at radius 2 is 1.41 bits per heavy atom. The van der Waals surface area contributed by atoms with Crippen molar-refractivity contribution in [1.82, 2.24) is 36.8 Å². The standard InChI is InChI=1S/C55H79N11O15S/c1-29(24-30(2)43(81-7)26-34-12-9-8-10-13-34)15-20-38-31(3)46(69)63-40(53(77)78)21-22-44(68)66(6)42(28-82-27-37(56)52(75)76)51(74)60-33(5)48(71)64-41(25-35-16-18-36(67)19-17-35)50(73)65-45(54(79)80)32(4)47(70)62-39(49(72)61-38)14-11-23-59-55(57)58/h8-10,12-13,15-20,24,30-33,37-43,45,67H,11,14,21-23,25-28,56H2,1-7H3,(H,60,74)(H,61,72)(H,62,70)(H,63,69)(H,64,71)(H,65,73)(H,75,76)(H,77,78)(H,79,80)(H4,57,58,59)/b20-15+,29-24+/t30-,31-,32-,33+,37-,38-,39-,40+,41-,42?,43-,45+/m0/s1. The second-order valence-corrected chi connectivity index (χ2v) is 21.2. The number of aliphatic imine (C=N–C) groups is 1. The molecule has 26 nitrogen and oxygen atoms in total. The number of aromatic hydroxyl groups is 1. The van der Waals surface area contributed by atoms with Gasteiger partial charge in [0.25, 0.3) is 0 Å². The van der Waals surface area contributed by atoms with E-state index in [1.54, 1.807) is 20.1 Å². The molecule has 1 saturated heterocycles. The second-order valence-electron chi connectivity index (χ2n) is 20.1. The van der Waals surface area contributed by atoms with Crippen LogP contribution in [0.4, 0.5) is 0 Å². The lowest BCUT2D eigenvalue weighted by Gasteiger charge is -2.29. The molecule has 1 fully saturated rings. The fourth-order valence-electron chi connectivity index (χ4n) is 8.48. The molecule has 1 heterocycles. The van der Waals surface area contributed by atoms with E-state index < -0.39 is 132 Å². The molecule has 12 atom stereocenters. The molecule has 0 radical (unpaired) electrons. The summed E-state index contributed by atoms with van der Waals surface area (Å²) in [5.74, 6) is -15.2. The number of amides is 7. The second kappa shape index (κ2) is 33.6. The Kier molecular flexibility index (Phi) is 28.0. The van der Waals surface area contributed by atoms with Gasteiger partial charge in [0.1, 0.15) is 48.0 Å². The van der Waals surface area contributed by atoms with E-state index in [2.05, 4.69) is 36.9 Å². The molecule has 2 aromatic rings. The number of phenolic OH excluding ortho intramolecular Hbond substituents is 1. The minimum Gasteiger partial charge on any atom is -0.508 e. The number of rotatable bonds is 20. The molecule has 0 bridgehead atoms. The van der Waals surface area contributed by atoms with Crippen LogP contribution < -0.4 is 49.1 Å². The van der Waals surface area contributed by atoms with Crippen LogP contribution >= 0.6 is 11.8 Å². The number of thioether (sulfide) groups is 1. The van der Waals surface area contributed by atoms with Gasteiger partial charge in [0, 0.05) is 51.0 Å². The zero-order chi connectivity index (χ0) is 61.4. The molecule has 7 amide bonds. The predicted molar refractivity (Wildman–Crippen MR) is 304 cm³/mol. The zero-order valence-electron chi connectivity index (χ0n) is 47.0. The molecule has 2 aromatic carbocycles. The van der Waals surface area contributed by atoms with Gasteiger partial charge in [-0.2, -0.15) is 11.8 Å². The highest BCUT2D eigenvalue weighted by Gasteiger charge is 2.38. The van der Waals surface area contributed by atoms with E-state index in [4.69, 9.17) is 21.9 Å². The molecule has 3 rings (SSSR count). The number of nitrogens with zero attached hydrogens (tertiary/aromatic N) is 2. The van der Waals surface area contributed by atoms with Gasteiger partial charge < -0.3 is 79.2 Å². The summed E-state index contributed by atoms with van der Waals surface area (Å²) in [7, 11) is 2.81. The normalized spacial score (nSPS) is 24.6. The van der Waals surface area contributed by atoms with Crippen LogP contribution in [-0.4, -0.2) is 177 Å². The monoisotopic (exact) mass is 1170 g/mol. The number of guanidine groups is 1. The third-order valence-corrected chi connectivity index (χ3v) is 14.8. The maximum absolute atomic E-state index is 14.5. The Bertz CT molecular complexity index is 2640. The summed E-state index contributed by atoms with van der Waals surface area (Å²) in [4.78, 5) is 141. The SMILES string of the molecule is CO[C@@H](Cc1ccccc1)[C@@H](C)/C=C(C)/C=C/[C@@H]1NC(=O)[C@H](CCCN=C(N)N)NC(=O)[C@@H](C)[C@H](C(=O)O)NC(=O)[C@H](Cc2ccc(O)cc2)NC(=O)[C@@H](C)NC(=O)C(CSC[C@H](N)C(=O)O)N(C)C(=O)CC[C@H](C(=O)O)NC(=O)[C@H]1C. The fourth-order valence-corrected chi connectivity index (χ4v) is 9.61. The first-order valence-electron chi connectivity index (χ1n) is 26.5. The Morgan fingerprint density at radius 1 is 0.793 bits per heavy atom. The molecule has 1 aliphatic heterocycles. The minimum atomic E-state index is -2.01. The van der Waals surface area contributed by atoms with Crippen molar-refractivity contribution < 1.29 is 73.1 Å². The van der Waals surface area contributed by atoms with Crippen molar-refractivity contribution >= 4 is 77.0 Å². The number of hydrogen-bond donors (Lipinski definition) is 13. The Hall–Kier alpha value is -8.04. The highest BCUT2D eigenvalue weighted by atomic mass is 32.2. The van der Waals surface area contributed by atoms with Gasteiger partial charge in [-0.1, -0.05) is 87.0 Å². The first-order valence-corrected chi connectivity index (χ1v) is 27.7. The zero-order valence-corrected chi connectivity index (χ0v) is 47.9. The topological polar surface area (TPSA) is 427 Å². The molecule has 82 heavy (non-hydrogen) atoms. The average molecular weight is 1170 g/mol. The molecular formula is C55H79N11O15S. The molecule has 27 heteroatoms. The van der Waals surface area contributed by atoms with Gasteiger partial charge >= 0.3 is 17.9 Å². The number of allylic oxidation sites excluding steroid dienone is 2. The van der Waals surface area contributed by atoms with Gasteiger partial charge in [0.05, 0.1) is 24.0 Å². The van der Waals surface area contributed by atoms with Gasteiger partial charge in [0.2, 0.25) is 41.4 Å². The Balaban J connectivity index is 2.20. The largest absolute Gasteiger partial charge is 0.508 e. The fraction of sp³-hybridized carbons (Fsp3) is 0.509. The lowest BCUT2D eigenvalue weighted by molar-refractivity contribution is -0.146. The quantitative estimate of drug-likeness (QED) is 0.0345. The lowest BCUT2D eigenvalue weighted by atomic mass is 9.94. The summed E-state index contributed by atoms with van der Waals surface area (Å²) < 4.78 is 5.83. The third kappa shape index (κ3) is 22.5. The van der Waals surface area contributed by atoms with Gasteiger partial charge in [-0.3, -0.25) is 43.3 Å². The molecule has 0 aromatic heterocycles. The number of carboxylic acids is 3. The molecule has 450 valence electrons. The van der Waals surface area contributed by atoms with Crippen molar-refractivity contribution in [3.8, 4) is 5.75 Å². The van der Waals surface area contributed by atoms with Gasteiger partial charge in [-0.05, 0) is 62.8 Å². The summed E-state index contributed by atoms with van der Waals surface area (Å²) in [5, 5.41) is 55.2. The summed E-state index contributed by atoms with van der Waals surface area (Å²) in [6, 6.07) is 2.80. The number of phenols is 1. The number of ether oxygens (including phenoxy) is 1. The van der Waals surface area contributed by atoms with Crippen LogP contribution in [0.5, 0.6) is 5.75 Å².